The summed E-state index contributed by atoms with van der Waals surface area (Å²) >= 11 is 0. The second-order valence-corrected chi connectivity index (χ2v) is 4.76. The molecule has 0 saturated carbocycles. The van der Waals surface area contributed by atoms with E-state index in [0.29, 0.717) is 12.1 Å². The van der Waals surface area contributed by atoms with Crippen LogP contribution in [0, 0.1) is 0 Å². The Morgan fingerprint density at radius 3 is 2.84 bits per heavy atom. The van der Waals surface area contributed by atoms with Crippen molar-refractivity contribution in [1.29, 1.82) is 0 Å². The summed E-state index contributed by atoms with van der Waals surface area (Å²) in [5.41, 5.74) is 2.34. The highest BCUT2D eigenvalue weighted by Crippen LogP contribution is 2.18. The first-order valence-corrected chi connectivity index (χ1v) is 6.20. The van der Waals surface area contributed by atoms with Crippen LogP contribution in [-0.2, 0) is 7.05 Å². The normalized spacial score (nSPS) is 10.9. The van der Waals surface area contributed by atoms with E-state index >= 15 is 0 Å². The van der Waals surface area contributed by atoms with Gasteiger partial charge in [-0.05, 0) is 32.3 Å². The number of hydrogen-bond acceptors (Lipinski definition) is 4. The van der Waals surface area contributed by atoms with E-state index in [4.69, 9.17) is 0 Å². The molecule has 0 atom stereocenters. The van der Waals surface area contributed by atoms with Gasteiger partial charge >= 0.3 is 0 Å². The number of carbonyl (C=O) groups is 1. The molecular formula is C14H18N4O. The second-order valence-electron chi connectivity index (χ2n) is 4.76. The van der Waals surface area contributed by atoms with Gasteiger partial charge in [0, 0.05) is 38.0 Å². The molecule has 0 bridgehead atoms. The summed E-state index contributed by atoms with van der Waals surface area (Å²) in [7, 11) is 5.71. The summed E-state index contributed by atoms with van der Waals surface area (Å²) < 4.78 is 1.64. The van der Waals surface area contributed by atoms with E-state index in [1.807, 2.05) is 37.2 Å². The first-order chi connectivity index (χ1) is 9.08. The highest BCUT2D eigenvalue weighted by atomic mass is 16.1. The zero-order valence-electron chi connectivity index (χ0n) is 11.5. The molecule has 0 aliphatic heterocycles. The fraction of sp³-hybridized carbons (Fsp3) is 0.357. The second kappa shape index (κ2) is 5.75. The van der Waals surface area contributed by atoms with Gasteiger partial charge in [0.25, 0.3) is 0 Å². The number of pyridine rings is 1. The van der Waals surface area contributed by atoms with E-state index in [9.17, 15) is 4.79 Å². The molecule has 5 nitrogen and oxygen atoms in total. The van der Waals surface area contributed by atoms with Crippen LogP contribution in [-0.4, -0.2) is 46.1 Å². The Bertz CT molecular complexity index is 560. The SMILES string of the molecule is CN(C)CCC(=O)c1cc(-c2cccnc2)nn1C. The molecule has 0 amide bonds. The molecule has 2 rings (SSSR count). The number of hydrogen-bond donors (Lipinski definition) is 0. The van der Waals surface area contributed by atoms with Crippen LogP contribution in [0.1, 0.15) is 16.9 Å². The third kappa shape index (κ3) is 3.26. The van der Waals surface area contributed by atoms with Gasteiger partial charge in [-0.3, -0.25) is 14.5 Å². The lowest BCUT2D eigenvalue weighted by molar-refractivity contribution is 0.0963. The van der Waals surface area contributed by atoms with E-state index in [2.05, 4.69) is 10.1 Å². The van der Waals surface area contributed by atoms with Gasteiger partial charge < -0.3 is 4.90 Å². The minimum absolute atomic E-state index is 0.110. The van der Waals surface area contributed by atoms with E-state index in [0.717, 1.165) is 17.8 Å². The molecular weight excluding hydrogens is 240 g/mol. The van der Waals surface area contributed by atoms with E-state index in [1.165, 1.54) is 0 Å². The van der Waals surface area contributed by atoms with Crippen LogP contribution in [0.25, 0.3) is 11.3 Å². The van der Waals surface area contributed by atoms with Crippen molar-refractivity contribution >= 4 is 5.78 Å². The molecule has 0 aliphatic carbocycles. The first-order valence-electron chi connectivity index (χ1n) is 6.20. The summed E-state index contributed by atoms with van der Waals surface area (Å²) in [6.07, 6.45) is 3.96. The molecule has 0 spiro atoms. The highest BCUT2D eigenvalue weighted by Gasteiger charge is 2.14. The zero-order chi connectivity index (χ0) is 13.8. The Labute approximate surface area is 112 Å². The Morgan fingerprint density at radius 1 is 1.42 bits per heavy atom. The Kier molecular flexibility index (Phi) is 4.06. The maximum Gasteiger partial charge on any atom is 0.182 e. The lowest BCUT2D eigenvalue weighted by atomic mass is 10.1. The minimum atomic E-state index is 0.110. The van der Waals surface area contributed by atoms with Gasteiger partial charge in [0.2, 0.25) is 0 Å². The standard InChI is InChI=1S/C14H18N4O/c1-17(2)8-6-14(19)13-9-12(16-18(13)3)11-5-4-7-15-10-11/h4-5,7,9-10H,6,8H2,1-3H3. The predicted molar refractivity (Wildman–Crippen MR) is 73.9 cm³/mol. The number of rotatable bonds is 5. The van der Waals surface area contributed by atoms with Gasteiger partial charge in [0.1, 0.15) is 5.69 Å². The van der Waals surface area contributed by atoms with Crippen LogP contribution in [0.2, 0.25) is 0 Å². The summed E-state index contributed by atoms with van der Waals surface area (Å²) in [6, 6.07) is 5.62. The number of Topliss-reactive ketones (excluding diaryl/α,β-unsaturated/α-hetero) is 1. The van der Waals surface area contributed by atoms with E-state index in [-0.39, 0.29) is 5.78 Å². The van der Waals surface area contributed by atoms with Gasteiger partial charge in [-0.2, -0.15) is 5.10 Å². The maximum absolute atomic E-state index is 12.1. The topological polar surface area (TPSA) is 51.0 Å². The van der Waals surface area contributed by atoms with Crippen LogP contribution >= 0.6 is 0 Å². The van der Waals surface area contributed by atoms with Crippen LogP contribution in [0.5, 0.6) is 0 Å². The molecule has 0 fully saturated rings. The number of nitrogens with zero attached hydrogens (tertiary/aromatic N) is 4. The average molecular weight is 258 g/mol. The number of aryl methyl sites for hydroxylation is 1. The summed E-state index contributed by atoms with van der Waals surface area (Å²) in [6.45, 7) is 0.742. The van der Waals surface area contributed by atoms with Crippen molar-refractivity contribution in [3.63, 3.8) is 0 Å². The molecule has 0 radical (unpaired) electrons. The molecule has 2 heterocycles. The van der Waals surface area contributed by atoms with E-state index < -0.39 is 0 Å². The van der Waals surface area contributed by atoms with Gasteiger partial charge in [0.15, 0.2) is 5.78 Å². The fourth-order valence-corrected chi connectivity index (χ4v) is 1.84. The van der Waals surface area contributed by atoms with Crippen LogP contribution in [0.3, 0.4) is 0 Å². The summed E-state index contributed by atoms with van der Waals surface area (Å²) in [5, 5.41) is 4.37. The Morgan fingerprint density at radius 2 is 2.21 bits per heavy atom. The van der Waals surface area contributed by atoms with Crippen molar-refractivity contribution in [2.24, 2.45) is 7.05 Å². The van der Waals surface area contributed by atoms with Crippen molar-refractivity contribution in [2.75, 3.05) is 20.6 Å². The molecule has 0 unspecified atom stereocenters. The van der Waals surface area contributed by atoms with Gasteiger partial charge in [0.05, 0.1) is 5.69 Å². The largest absolute Gasteiger partial charge is 0.309 e. The minimum Gasteiger partial charge on any atom is -0.309 e. The van der Waals surface area contributed by atoms with Gasteiger partial charge in [-0.1, -0.05) is 0 Å². The molecule has 0 aromatic carbocycles. The lowest BCUT2D eigenvalue weighted by Gasteiger charge is -2.07. The molecule has 2 aromatic heterocycles. The highest BCUT2D eigenvalue weighted by molar-refractivity contribution is 5.95. The predicted octanol–water partition coefficient (Wildman–Crippen LogP) is 1.62. The smallest absolute Gasteiger partial charge is 0.182 e. The maximum atomic E-state index is 12.1. The van der Waals surface area contributed by atoms with Crippen molar-refractivity contribution < 1.29 is 4.79 Å². The number of carbonyl (C=O) groups excluding carboxylic acids is 1. The number of aromatic nitrogens is 3. The third-order valence-electron chi connectivity index (χ3n) is 2.91. The molecule has 0 saturated heterocycles. The van der Waals surface area contributed by atoms with Gasteiger partial charge in [-0.25, -0.2) is 0 Å². The summed E-state index contributed by atoms with van der Waals surface area (Å²) in [4.78, 5) is 18.2. The first kappa shape index (κ1) is 13.4. The molecule has 19 heavy (non-hydrogen) atoms. The summed E-state index contributed by atoms with van der Waals surface area (Å²) in [5.74, 6) is 0.110. The average Bonchev–Trinajstić information content (AvgIpc) is 2.79. The van der Waals surface area contributed by atoms with E-state index in [1.54, 1.807) is 24.1 Å². The monoisotopic (exact) mass is 258 g/mol. The van der Waals surface area contributed by atoms with Crippen molar-refractivity contribution in [3.05, 3.63) is 36.3 Å². The van der Waals surface area contributed by atoms with Crippen LogP contribution < -0.4 is 0 Å². The molecule has 0 N–H and O–H groups in total. The van der Waals surface area contributed by atoms with Gasteiger partial charge in [-0.15, -0.1) is 0 Å². The molecule has 5 heteroatoms. The fourth-order valence-electron chi connectivity index (χ4n) is 1.84. The Hall–Kier alpha value is -2.01. The third-order valence-corrected chi connectivity index (χ3v) is 2.91. The van der Waals surface area contributed by atoms with Crippen molar-refractivity contribution in [3.8, 4) is 11.3 Å². The van der Waals surface area contributed by atoms with Crippen LogP contribution in [0.15, 0.2) is 30.6 Å². The number of ketones is 1. The quantitative estimate of drug-likeness (QED) is 0.765. The zero-order valence-corrected chi connectivity index (χ0v) is 11.5. The molecule has 2 aromatic rings. The molecule has 0 aliphatic rings. The van der Waals surface area contributed by atoms with Crippen molar-refractivity contribution in [2.45, 2.75) is 6.42 Å². The van der Waals surface area contributed by atoms with Crippen molar-refractivity contribution in [1.82, 2.24) is 19.7 Å². The Balaban J connectivity index is 2.20. The molecule has 100 valence electrons. The lowest BCUT2D eigenvalue weighted by Crippen LogP contribution is -2.18. The van der Waals surface area contributed by atoms with Crippen LogP contribution in [0.4, 0.5) is 0 Å².